The van der Waals surface area contributed by atoms with Gasteiger partial charge in [0.1, 0.15) is 13.2 Å². The molecule has 0 aliphatic rings. The molecule has 0 spiro atoms. The van der Waals surface area contributed by atoms with Gasteiger partial charge in [-0.15, -0.1) is 0 Å². The minimum Gasteiger partial charge on any atom is -0.464 e. The van der Waals surface area contributed by atoms with Crippen molar-refractivity contribution in [3.05, 3.63) is 0 Å². The maximum absolute atomic E-state index is 11.9. The minimum atomic E-state index is -0.512. The fourth-order valence-electron chi connectivity index (χ4n) is 3.12. The first-order valence-corrected chi connectivity index (χ1v) is 11.7. The molecule has 6 nitrogen and oxygen atoms in total. The Morgan fingerprint density at radius 3 is 1.66 bits per heavy atom. The maximum atomic E-state index is 11.9. The molecule has 0 N–H and O–H groups in total. The average molecular weight is 416 g/mol. The number of hydrogen-bond donors (Lipinski definition) is 0. The number of carbonyl (C=O) groups is 2. The van der Waals surface area contributed by atoms with Crippen LogP contribution >= 0.6 is 0 Å². The van der Waals surface area contributed by atoms with Crippen LogP contribution in [0.2, 0.25) is 0 Å². The van der Waals surface area contributed by atoms with E-state index >= 15 is 0 Å². The van der Waals surface area contributed by atoms with Crippen LogP contribution in [0.4, 0.5) is 4.79 Å². The number of ether oxygens (including phenoxy) is 3. The fourth-order valence-corrected chi connectivity index (χ4v) is 3.12. The summed E-state index contributed by atoms with van der Waals surface area (Å²) in [6, 6.07) is 0. The molecule has 0 aromatic carbocycles. The molecule has 0 aliphatic heterocycles. The first-order chi connectivity index (χ1) is 14.2. The van der Waals surface area contributed by atoms with Crippen LogP contribution in [0.1, 0.15) is 97.3 Å². The van der Waals surface area contributed by atoms with Gasteiger partial charge in [-0.1, -0.05) is 84.0 Å². The third kappa shape index (κ3) is 18.5. The predicted molar refractivity (Wildman–Crippen MR) is 117 cm³/mol. The molecule has 0 fully saturated rings. The normalized spacial score (nSPS) is 10.7. The molecule has 6 heteroatoms. The average Bonchev–Trinajstić information content (AvgIpc) is 2.72. The fraction of sp³-hybridized carbons (Fsp3) is 0.913. The molecule has 0 atom stereocenters. The number of unbranched alkanes of at least 4 members (excludes halogenated alkanes) is 12. The van der Waals surface area contributed by atoms with Gasteiger partial charge in [0.15, 0.2) is 0 Å². The van der Waals surface area contributed by atoms with Crippen LogP contribution in [0.5, 0.6) is 0 Å². The number of methoxy groups -OCH3 is 1. The highest BCUT2D eigenvalue weighted by Gasteiger charge is 2.17. The van der Waals surface area contributed by atoms with E-state index in [1.54, 1.807) is 14.0 Å². The Bertz CT molecular complexity index is 389. The van der Waals surface area contributed by atoms with Crippen LogP contribution in [0.25, 0.3) is 0 Å². The number of rotatable bonds is 20. The molecule has 0 aromatic heterocycles. The SMILES string of the molecule is CCCCCCCCCCCCCCCOC(=O)CN(CC)C(=O)OCCOC. The predicted octanol–water partition coefficient (Wildman–Crippen LogP) is 5.73. The molecular weight excluding hydrogens is 370 g/mol. The summed E-state index contributed by atoms with van der Waals surface area (Å²) in [6.07, 6.45) is 16.2. The highest BCUT2D eigenvalue weighted by atomic mass is 16.6. The second kappa shape index (κ2) is 21.4. The van der Waals surface area contributed by atoms with E-state index in [0.717, 1.165) is 12.8 Å². The number of carbonyl (C=O) groups excluding carboxylic acids is 2. The molecule has 0 unspecified atom stereocenters. The molecule has 0 saturated carbocycles. The summed E-state index contributed by atoms with van der Waals surface area (Å²) >= 11 is 0. The summed E-state index contributed by atoms with van der Waals surface area (Å²) in [6.45, 7) is 5.34. The molecule has 0 saturated heterocycles. The van der Waals surface area contributed by atoms with Crippen LogP contribution in [0, 0.1) is 0 Å². The Hall–Kier alpha value is -1.30. The second-order valence-corrected chi connectivity index (χ2v) is 7.58. The van der Waals surface area contributed by atoms with Crippen molar-refractivity contribution in [1.29, 1.82) is 0 Å². The van der Waals surface area contributed by atoms with Gasteiger partial charge in [-0.2, -0.15) is 0 Å². The lowest BCUT2D eigenvalue weighted by atomic mass is 10.0. The lowest BCUT2D eigenvalue weighted by Gasteiger charge is -2.19. The maximum Gasteiger partial charge on any atom is 0.410 e. The standard InChI is InChI=1S/C23H45NO5/c1-4-6-7-8-9-10-11-12-13-14-15-16-17-18-28-22(25)21-24(5-2)23(26)29-20-19-27-3/h4-21H2,1-3H3. The summed E-state index contributed by atoms with van der Waals surface area (Å²) in [7, 11) is 1.54. The van der Waals surface area contributed by atoms with Gasteiger partial charge in [0, 0.05) is 13.7 Å². The number of amides is 1. The molecule has 29 heavy (non-hydrogen) atoms. The minimum absolute atomic E-state index is 0.0687. The summed E-state index contributed by atoms with van der Waals surface area (Å²) in [5.41, 5.74) is 0. The molecule has 0 heterocycles. The zero-order chi connectivity index (χ0) is 21.6. The van der Waals surface area contributed by atoms with Crippen molar-refractivity contribution in [3.8, 4) is 0 Å². The van der Waals surface area contributed by atoms with Crippen molar-refractivity contribution in [2.75, 3.05) is 40.0 Å². The Labute approximate surface area is 178 Å². The van der Waals surface area contributed by atoms with E-state index in [2.05, 4.69) is 6.92 Å². The Morgan fingerprint density at radius 2 is 1.17 bits per heavy atom. The lowest BCUT2D eigenvalue weighted by molar-refractivity contribution is -0.144. The van der Waals surface area contributed by atoms with E-state index in [-0.39, 0.29) is 19.1 Å². The Morgan fingerprint density at radius 1 is 0.655 bits per heavy atom. The van der Waals surface area contributed by atoms with E-state index in [1.165, 1.54) is 75.5 Å². The van der Waals surface area contributed by atoms with Crippen molar-refractivity contribution >= 4 is 12.1 Å². The number of likely N-dealkylation sites (N-methyl/N-ethyl adjacent to an activating group) is 1. The van der Waals surface area contributed by atoms with Crippen LogP contribution in [0.3, 0.4) is 0 Å². The van der Waals surface area contributed by atoms with Crippen LogP contribution in [-0.4, -0.2) is 57.0 Å². The van der Waals surface area contributed by atoms with Gasteiger partial charge in [-0.25, -0.2) is 4.79 Å². The van der Waals surface area contributed by atoms with Gasteiger partial charge in [0.05, 0.1) is 13.2 Å². The van der Waals surface area contributed by atoms with Gasteiger partial charge in [-0.05, 0) is 13.3 Å². The van der Waals surface area contributed by atoms with Gasteiger partial charge < -0.3 is 14.2 Å². The molecule has 0 aliphatic carbocycles. The van der Waals surface area contributed by atoms with Gasteiger partial charge >= 0.3 is 12.1 Å². The third-order valence-electron chi connectivity index (χ3n) is 4.98. The zero-order valence-corrected chi connectivity index (χ0v) is 19.2. The number of nitrogens with zero attached hydrogens (tertiary/aromatic N) is 1. The summed E-state index contributed by atoms with van der Waals surface area (Å²) in [4.78, 5) is 25.0. The Kier molecular flexibility index (Phi) is 20.5. The Balaban J connectivity index is 3.49. The smallest absolute Gasteiger partial charge is 0.410 e. The number of hydrogen-bond acceptors (Lipinski definition) is 5. The van der Waals surface area contributed by atoms with E-state index in [4.69, 9.17) is 14.2 Å². The highest BCUT2D eigenvalue weighted by Crippen LogP contribution is 2.12. The van der Waals surface area contributed by atoms with Gasteiger partial charge in [0.2, 0.25) is 0 Å². The molecule has 0 rings (SSSR count). The van der Waals surface area contributed by atoms with Crippen LogP contribution in [-0.2, 0) is 19.0 Å². The van der Waals surface area contributed by atoms with E-state index in [0.29, 0.717) is 19.8 Å². The molecule has 0 aromatic rings. The van der Waals surface area contributed by atoms with E-state index in [1.807, 2.05) is 0 Å². The van der Waals surface area contributed by atoms with Gasteiger partial charge in [-0.3, -0.25) is 9.69 Å². The molecule has 172 valence electrons. The van der Waals surface area contributed by atoms with Crippen molar-refractivity contribution in [1.82, 2.24) is 4.90 Å². The van der Waals surface area contributed by atoms with Crippen LogP contribution < -0.4 is 0 Å². The molecule has 1 amide bonds. The highest BCUT2D eigenvalue weighted by molar-refractivity contribution is 5.78. The first-order valence-electron chi connectivity index (χ1n) is 11.7. The van der Waals surface area contributed by atoms with Crippen molar-refractivity contribution in [2.24, 2.45) is 0 Å². The molecule has 0 bridgehead atoms. The zero-order valence-electron chi connectivity index (χ0n) is 19.2. The molecule has 0 radical (unpaired) electrons. The van der Waals surface area contributed by atoms with E-state index in [9.17, 15) is 9.59 Å². The second-order valence-electron chi connectivity index (χ2n) is 7.58. The topological polar surface area (TPSA) is 65.1 Å². The summed E-state index contributed by atoms with van der Waals surface area (Å²) in [5.74, 6) is -0.380. The lowest BCUT2D eigenvalue weighted by Crippen LogP contribution is -2.37. The summed E-state index contributed by atoms with van der Waals surface area (Å²) < 4.78 is 15.1. The first kappa shape index (κ1) is 27.7. The largest absolute Gasteiger partial charge is 0.464 e. The van der Waals surface area contributed by atoms with Gasteiger partial charge in [0.25, 0.3) is 0 Å². The van der Waals surface area contributed by atoms with Crippen molar-refractivity contribution in [3.63, 3.8) is 0 Å². The monoisotopic (exact) mass is 415 g/mol. The van der Waals surface area contributed by atoms with Crippen molar-refractivity contribution in [2.45, 2.75) is 97.3 Å². The third-order valence-corrected chi connectivity index (χ3v) is 4.98. The number of esters is 1. The van der Waals surface area contributed by atoms with E-state index < -0.39 is 6.09 Å². The van der Waals surface area contributed by atoms with Crippen LogP contribution in [0.15, 0.2) is 0 Å². The summed E-state index contributed by atoms with van der Waals surface area (Å²) in [5, 5.41) is 0. The van der Waals surface area contributed by atoms with Crippen molar-refractivity contribution < 1.29 is 23.8 Å². The molecular formula is C23H45NO5. The quantitative estimate of drug-likeness (QED) is 0.188.